The normalized spacial score (nSPS) is 10.6. The minimum absolute atomic E-state index is 0.0123. The molecular weight excluding hydrogens is 264 g/mol. The fraction of sp³-hybridized carbons (Fsp3) is 0.412. The van der Waals surface area contributed by atoms with Gasteiger partial charge in [-0.3, -0.25) is 4.79 Å². The van der Waals surface area contributed by atoms with Gasteiger partial charge in [0.05, 0.1) is 5.69 Å². The zero-order valence-corrected chi connectivity index (χ0v) is 12.9. The molecular formula is C17H22N2O2. The first kappa shape index (κ1) is 15.3. The Morgan fingerprint density at radius 2 is 1.90 bits per heavy atom. The molecule has 1 aromatic heterocycles. The van der Waals surface area contributed by atoms with E-state index in [1.54, 1.807) is 0 Å². The number of anilines is 1. The van der Waals surface area contributed by atoms with Crippen molar-refractivity contribution in [2.24, 2.45) is 0 Å². The van der Waals surface area contributed by atoms with Gasteiger partial charge in [-0.1, -0.05) is 30.6 Å². The molecule has 4 heteroatoms. The summed E-state index contributed by atoms with van der Waals surface area (Å²) in [5.41, 5.74) is 4.04. The molecule has 0 radical (unpaired) electrons. The van der Waals surface area contributed by atoms with E-state index in [-0.39, 0.29) is 5.91 Å². The number of rotatable bonds is 6. The summed E-state index contributed by atoms with van der Waals surface area (Å²) in [4.78, 5) is 12.0. The first-order valence-electron chi connectivity index (χ1n) is 7.40. The third-order valence-corrected chi connectivity index (χ3v) is 3.56. The van der Waals surface area contributed by atoms with E-state index in [9.17, 15) is 4.79 Å². The second-order valence-corrected chi connectivity index (χ2v) is 5.30. The Hall–Kier alpha value is -2.10. The first-order valence-corrected chi connectivity index (χ1v) is 7.40. The number of aromatic nitrogens is 1. The van der Waals surface area contributed by atoms with Crippen LogP contribution in [0.4, 0.5) is 5.69 Å². The molecule has 0 saturated carbocycles. The molecule has 2 rings (SSSR count). The highest BCUT2D eigenvalue weighted by Crippen LogP contribution is 2.15. The molecule has 0 unspecified atom stereocenters. The van der Waals surface area contributed by atoms with Crippen molar-refractivity contribution in [2.75, 3.05) is 5.32 Å². The van der Waals surface area contributed by atoms with E-state index in [0.29, 0.717) is 12.8 Å². The number of benzene rings is 1. The lowest BCUT2D eigenvalue weighted by atomic mass is 10.1. The molecule has 21 heavy (non-hydrogen) atoms. The van der Waals surface area contributed by atoms with E-state index in [2.05, 4.69) is 29.5 Å². The van der Waals surface area contributed by atoms with E-state index < -0.39 is 0 Å². The molecule has 0 aliphatic heterocycles. The molecule has 1 aromatic carbocycles. The monoisotopic (exact) mass is 286 g/mol. The number of nitrogens with one attached hydrogen (secondary N) is 1. The van der Waals surface area contributed by atoms with E-state index in [0.717, 1.165) is 35.5 Å². The Balaban J connectivity index is 1.87. The van der Waals surface area contributed by atoms with Crippen LogP contribution in [0.1, 0.15) is 42.3 Å². The van der Waals surface area contributed by atoms with Crippen molar-refractivity contribution in [1.82, 2.24) is 5.16 Å². The Morgan fingerprint density at radius 3 is 2.48 bits per heavy atom. The summed E-state index contributed by atoms with van der Waals surface area (Å²) < 4.78 is 5.10. The second kappa shape index (κ2) is 7.07. The molecule has 0 spiro atoms. The Bertz CT molecular complexity index is 580. The van der Waals surface area contributed by atoms with Crippen LogP contribution in [-0.4, -0.2) is 11.1 Å². The highest BCUT2D eigenvalue weighted by molar-refractivity contribution is 5.90. The lowest BCUT2D eigenvalue weighted by molar-refractivity contribution is -0.116. The molecule has 0 aliphatic carbocycles. The van der Waals surface area contributed by atoms with Crippen molar-refractivity contribution in [3.63, 3.8) is 0 Å². The number of nitrogens with zero attached hydrogens (tertiary/aromatic N) is 1. The summed E-state index contributed by atoms with van der Waals surface area (Å²) in [6.07, 6.45) is 3.28. The zero-order chi connectivity index (χ0) is 15.2. The number of hydrogen-bond acceptors (Lipinski definition) is 3. The van der Waals surface area contributed by atoms with Gasteiger partial charge in [0.25, 0.3) is 0 Å². The van der Waals surface area contributed by atoms with Crippen LogP contribution in [0, 0.1) is 13.8 Å². The molecule has 0 saturated heterocycles. The fourth-order valence-corrected chi connectivity index (χ4v) is 2.36. The van der Waals surface area contributed by atoms with Crippen molar-refractivity contribution >= 4 is 11.6 Å². The van der Waals surface area contributed by atoms with Crippen LogP contribution in [0.15, 0.2) is 28.8 Å². The van der Waals surface area contributed by atoms with Crippen LogP contribution < -0.4 is 5.32 Å². The van der Waals surface area contributed by atoms with Crippen LogP contribution in [0.2, 0.25) is 0 Å². The van der Waals surface area contributed by atoms with Crippen molar-refractivity contribution in [3.8, 4) is 0 Å². The van der Waals surface area contributed by atoms with Crippen LogP contribution in [-0.2, 0) is 17.6 Å². The maximum absolute atomic E-state index is 12.0. The first-order chi connectivity index (χ1) is 10.1. The predicted molar refractivity (Wildman–Crippen MR) is 83.4 cm³/mol. The van der Waals surface area contributed by atoms with Crippen LogP contribution in [0.3, 0.4) is 0 Å². The number of carbonyl (C=O) groups is 1. The summed E-state index contributed by atoms with van der Waals surface area (Å²) in [6.45, 7) is 5.93. The van der Waals surface area contributed by atoms with Gasteiger partial charge in [-0.2, -0.15) is 0 Å². The third kappa shape index (κ3) is 4.18. The summed E-state index contributed by atoms with van der Waals surface area (Å²) >= 11 is 0. The van der Waals surface area contributed by atoms with Gasteiger partial charge in [-0.05, 0) is 44.4 Å². The van der Waals surface area contributed by atoms with Crippen molar-refractivity contribution in [3.05, 3.63) is 46.8 Å². The van der Waals surface area contributed by atoms with Gasteiger partial charge in [0.15, 0.2) is 0 Å². The molecule has 1 amide bonds. The maximum Gasteiger partial charge on any atom is 0.224 e. The lowest BCUT2D eigenvalue weighted by Gasteiger charge is -2.06. The van der Waals surface area contributed by atoms with Gasteiger partial charge in [-0.25, -0.2) is 0 Å². The molecule has 112 valence electrons. The summed E-state index contributed by atoms with van der Waals surface area (Å²) in [7, 11) is 0. The van der Waals surface area contributed by atoms with Gasteiger partial charge in [0.1, 0.15) is 5.76 Å². The molecule has 4 nitrogen and oxygen atoms in total. The van der Waals surface area contributed by atoms with Crippen molar-refractivity contribution in [1.29, 1.82) is 0 Å². The van der Waals surface area contributed by atoms with Crippen LogP contribution in [0.5, 0.6) is 0 Å². The Labute approximate surface area is 125 Å². The summed E-state index contributed by atoms with van der Waals surface area (Å²) in [6, 6.07) is 8.04. The van der Waals surface area contributed by atoms with Crippen molar-refractivity contribution in [2.45, 2.75) is 46.5 Å². The van der Waals surface area contributed by atoms with E-state index >= 15 is 0 Å². The zero-order valence-electron chi connectivity index (χ0n) is 12.9. The predicted octanol–water partition coefficient (Wildman–Crippen LogP) is 3.82. The fourth-order valence-electron chi connectivity index (χ4n) is 2.36. The lowest BCUT2D eigenvalue weighted by Crippen LogP contribution is -2.12. The van der Waals surface area contributed by atoms with Crippen LogP contribution >= 0.6 is 0 Å². The molecule has 2 aromatic rings. The third-order valence-electron chi connectivity index (χ3n) is 3.56. The second-order valence-electron chi connectivity index (χ2n) is 5.30. The molecule has 0 fully saturated rings. The highest BCUT2D eigenvalue weighted by Gasteiger charge is 2.11. The topological polar surface area (TPSA) is 55.1 Å². The average molecular weight is 286 g/mol. The average Bonchev–Trinajstić information content (AvgIpc) is 2.78. The highest BCUT2D eigenvalue weighted by atomic mass is 16.5. The minimum atomic E-state index is 0.0123. The number of hydrogen-bond donors (Lipinski definition) is 1. The van der Waals surface area contributed by atoms with E-state index in [1.807, 2.05) is 26.0 Å². The molecule has 0 bridgehead atoms. The van der Waals surface area contributed by atoms with Crippen LogP contribution in [0.25, 0.3) is 0 Å². The smallest absolute Gasteiger partial charge is 0.224 e. The van der Waals surface area contributed by atoms with Gasteiger partial charge >= 0.3 is 0 Å². The maximum atomic E-state index is 12.0. The van der Waals surface area contributed by atoms with Gasteiger partial charge in [0.2, 0.25) is 5.91 Å². The molecule has 1 N–H and O–H groups in total. The Kier molecular flexibility index (Phi) is 5.14. The SMILES string of the molecule is CCCc1ccc(NC(=O)CCc2c(C)noc2C)cc1. The molecule has 0 atom stereocenters. The van der Waals surface area contributed by atoms with E-state index in [4.69, 9.17) is 4.52 Å². The summed E-state index contributed by atoms with van der Waals surface area (Å²) in [5, 5.41) is 6.82. The van der Waals surface area contributed by atoms with Gasteiger partial charge < -0.3 is 9.84 Å². The van der Waals surface area contributed by atoms with Gasteiger partial charge in [0, 0.05) is 17.7 Å². The summed E-state index contributed by atoms with van der Waals surface area (Å²) in [5.74, 6) is 0.808. The van der Waals surface area contributed by atoms with Gasteiger partial charge in [-0.15, -0.1) is 0 Å². The number of amides is 1. The van der Waals surface area contributed by atoms with E-state index in [1.165, 1.54) is 5.56 Å². The number of carbonyl (C=O) groups excluding carboxylic acids is 1. The quantitative estimate of drug-likeness (QED) is 0.878. The Morgan fingerprint density at radius 1 is 1.19 bits per heavy atom. The molecule has 0 aliphatic rings. The minimum Gasteiger partial charge on any atom is -0.361 e. The molecule has 1 heterocycles. The number of aryl methyl sites for hydroxylation is 3. The standard InChI is InChI=1S/C17H22N2O2/c1-4-5-14-6-8-15(9-7-14)18-17(20)11-10-16-12(2)19-21-13(16)3/h6-9H,4-5,10-11H2,1-3H3,(H,18,20). The largest absolute Gasteiger partial charge is 0.361 e. The van der Waals surface area contributed by atoms with Crippen molar-refractivity contribution < 1.29 is 9.32 Å².